The summed E-state index contributed by atoms with van der Waals surface area (Å²) in [6, 6.07) is 0. The number of carbonyl (C=O) groups excluding carboxylic acids is 8. The molecule has 0 saturated carbocycles. The Morgan fingerprint density at radius 2 is 0.925 bits per heavy atom. The molecule has 0 aromatic rings. The number of aliphatic hydroxyl groups is 3. The minimum absolute atomic E-state index is 0.00319. The van der Waals surface area contributed by atoms with Crippen molar-refractivity contribution < 1.29 is 87.2 Å². The minimum Gasteiger partial charge on any atom is -0.868 e. The Bertz CT molecular complexity index is 2680. The first-order valence-corrected chi connectivity index (χ1v) is 26.3. The second-order valence-electron chi connectivity index (χ2n) is 21.5. The van der Waals surface area contributed by atoms with Crippen LogP contribution in [0.15, 0.2) is 152 Å². The lowest BCUT2D eigenvalue weighted by molar-refractivity contribution is -0.301. The molecule has 4 aliphatic rings. The van der Waals surface area contributed by atoms with Gasteiger partial charge in [-0.1, -0.05) is 135 Å². The molecule has 2 heterocycles. The predicted molar refractivity (Wildman–Crippen MR) is 293 cm³/mol. The van der Waals surface area contributed by atoms with Crippen molar-refractivity contribution >= 4 is 47.4 Å². The van der Waals surface area contributed by atoms with E-state index in [2.05, 4.69) is 0 Å². The van der Waals surface area contributed by atoms with E-state index < -0.39 is 108 Å². The molecule has 18 nitrogen and oxygen atoms in total. The maximum atomic E-state index is 13.3. The van der Waals surface area contributed by atoms with Crippen LogP contribution in [0.3, 0.4) is 0 Å². The number of carbonyl (C=O) groups is 8. The molecule has 4 rings (SSSR count). The van der Waals surface area contributed by atoms with Crippen LogP contribution in [0.1, 0.15) is 122 Å². The minimum atomic E-state index is -1.50. The van der Waals surface area contributed by atoms with Gasteiger partial charge in [0.1, 0.15) is 31.2 Å². The molecule has 2 aliphatic carbocycles. The van der Waals surface area contributed by atoms with E-state index in [0.717, 1.165) is 33.4 Å². The van der Waals surface area contributed by atoms with Crippen molar-refractivity contribution in [1.82, 2.24) is 0 Å². The Balaban J connectivity index is 1.20. The monoisotopic (exact) mass is 1110 g/mol. The lowest BCUT2D eigenvalue weighted by Gasteiger charge is -2.36. The van der Waals surface area contributed by atoms with E-state index in [0.29, 0.717) is 11.1 Å². The van der Waals surface area contributed by atoms with Gasteiger partial charge in [0.25, 0.3) is 0 Å². The molecular weight excluding hydrogens is 1030 g/mol. The highest BCUT2D eigenvalue weighted by Crippen LogP contribution is 2.42. The van der Waals surface area contributed by atoms with Crippen LogP contribution in [-0.4, -0.2) is 113 Å². The van der Waals surface area contributed by atoms with Gasteiger partial charge in [0, 0.05) is 12.8 Å². The number of hydrogen-bond acceptors (Lipinski definition) is 18. The Morgan fingerprint density at radius 1 is 0.562 bits per heavy atom. The number of ketones is 2. The van der Waals surface area contributed by atoms with Crippen molar-refractivity contribution in [3.05, 3.63) is 152 Å². The fourth-order valence-electron chi connectivity index (χ4n) is 9.03. The van der Waals surface area contributed by atoms with Crippen LogP contribution in [0.2, 0.25) is 0 Å². The fourth-order valence-corrected chi connectivity index (χ4v) is 9.03. The van der Waals surface area contributed by atoms with Gasteiger partial charge in [-0.3, -0.25) is 28.8 Å². The number of hydrogen-bond donors (Lipinski definition) is 3. The molecule has 6 atom stereocenters. The van der Waals surface area contributed by atoms with Crippen LogP contribution >= 0.6 is 0 Å². The molecule has 0 aromatic carbocycles. The molecule has 3 N–H and O–H groups in total. The quantitative estimate of drug-likeness (QED) is 0.0474. The zero-order valence-corrected chi connectivity index (χ0v) is 47.7. The Kier molecular flexibility index (Phi) is 23.5. The normalized spacial score (nSPS) is 23.1. The highest BCUT2D eigenvalue weighted by molar-refractivity contribution is 6.02. The second kappa shape index (κ2) is 29.0. The van der Waals surface area contributed by atoms with Gasteiger partial charge in [0.15, 0.2) is 36.0 Å². The summed E-state index contributed by atoms with van der Waals surface area (Å²) in [4.78, 5) is 99.6. The Labute approximate surface area is 467 Å². The van der Waals surface area contributed by atoms with E-state index in [1.165, 1.54) is 13.8 Å². The molecule has 0 saturated heterocycles. The van der Waals surface area contributed by atoms with E-state index in [1.807, 2.05) is 140 Å². The molecule has 0 radical (unpaired) electrons. The lowest BCUT2D eigenvalue weighted by atomic mass is 9.71. The standard InChI is InChI=1S/C62H76O18/c1-35(19-15-21-37(3)23-25-43-39(5)53(69)47(31-61(43,9)10)77-51(67)29-27-49(65)75-33-45(63)57-41(7)56(72)60(74)79-57)17-13-14-18-36(2)20-16-22-38(4)24-26-44-40(6)54(70)48(32-62(44,11)12)78-52(68)30-28-50(66)76-34-46(64)58-55(71)42(8)59(73)80-58/h13-26,45-48,57-58,63-64,71-72H,27-34H2,1-12H3/p-1/b14-13+,19-15+,20-16+,25-23+,26-24+,35-17+,36-18+,37-21+,38-22+. The topological polar surface area (TPSA) is 276 Å². The molecular formula is C62H75O18-. The van der Waals surface area contributed by atoms with Gasteiger partial charge in [0.2, 0.25) is 0 Å². The SMILES string of the molecule is CC1=C(O)C(C(O)COC(=O)CCC(=O)OC2CC(C)(C)C(/C=C/C(C)=C/C=C/C(C)=C/C=C/C=C(C)/C=C/C=C(C)/C=C/C3=C(C)C(=O)C(OC(=O)CCC(=O)OCC(O)C4OC(=O)C([O-])=C4C)CC3(C)C)=C(C)C2=O)OC1=O. The van der Waals surface area contributed by atoms with Crippen molar-refractivity contribution in [2.75, 3.05) is 13.2 Å². The van der Waals surface area contributed by atoms with Gasteiger partial charge in [0.05, 0.1) is 31.3 Å². The highest BCUT2D eigenvalue weighted by atomic mass is 16.6. The maximum Gasteiger partial charge on any atom is 0.338 e. The van der Waals surface area contributed by atoms with E-state index >= 15 is 0 Å². The van der Waals surface area contributed by atoms with Gasteiger partial charge in [-0.25, -0.2) is 9.59 Å². The molecule has 432 valence electrons. The molecule has 0 bridgehead atoms. The molecule has 0 aromatic heterocycles. The summed E-state index contributed by atoms with van der Waals surface area (Å²) < 4.78 is 30.7. The average molecular weight is 1110 g/mol. The largest absolute Gasteiger partial charge is 0.868 e. The fraction of sp³-hybridized carbons (Fsp3) is 0.452. The highest BCUT2D eigenvalue weighted by Gasteiger charge is 2.42. The first kappa shape index (κ1) is 64.8. The summed E-state index contributed by atoms with van der Waals surface area (Å²) in [7, 11) is 0. The summed E-state index contributed by atoms with van der Waals surface area (Å²) in [6.45, 7) is 20.6. The number of Topliss-reactive ketones (excluding diaryl/α,β-unsaturated/α-hetero) is 2. The zero-order valence-electron chi connectivity index (χ0n) is 47.7. The van der Waals surface area contributed by atoms with Crippen molar-refractivity contribution in [3.8, 4) is 0 Å². The van der Waals surface area contributed by atoms with Crippen molar-refractivity contribution in [1.29, 1.82) is 0 Å². The number of rotatable bonds is 24. The van der Waals surface area contributed by atoms with Gasteiger partial charge in [-0.05, 0) is 99.8 Å². The van der Waals surface area contributed by atoms with E-state index in [4.69, 9.17) is 28.4 Å². The lowest BCUT2D eigenvalue weighted by Crippen LogP contribution is -2.39. The summed E-state index contributed by atoms with van der Waals surface area (Å²) in [5, 5.41) is 42.0. The summed E-state index contributed by atoms with van der Waals surface area (Å²) >= 11 is 0. The van der Waals surface area contributed by atoms with Gasteiger partial charge >= 0.3 is 35.8 Å². The summed E-state index contributed by atoms with van der Waals surface area (Å²) in [5.74, 6) is -7.00. The molecule has 0 fully saturated rings. The van der Waals surface area contributed by atoms with Gasteiger partial charge in [-0.2, -0.15) is 0 Å². The molecule has 18 heteroatoms. The number of ether oxygens (including phenoxy) is 6. The van der Waals surface area contributed by atoms with Crippen LogP contribution in [0.5, 0.6) is 0 Å². The first-order valence-electron chi connectivity index (χ1n) is 26.3. The van der Waals surface area contributed by atoms with Crippen molar-refractivity contribution in [2.45, 2.75) is 158 Å². The number of allylic oxidation sites excluding steroid dienone is 20. The van der Waals surface area contributed by atoms with E-state index in [1.54, 1.807) is 13.8 Å². The third kappa shape index (κ3) is 18.4. The number of esters is 6. The smallest absolute Gasteiger partial charge is 0.338 e. The number of cyclic esters (lactones) is 2. The predicted octanol–water partition coefficient (Wildman–Crippen LogP) is 7.69. The van der Waals surface area contributed by atoms with Gasteiger partial charge < -0.3 is 48.8 Å². The Morgan fingerprint density at radius 3 is 1.30 bits per heavy atom. The van der Waals surface area contributed by atoms with Crippen LogP contribution < -0.4 is 5.11 Å². The molecule has 6 unspecified atom stereocenters. The molecule has 0 amide bonds. The van der Waals surface area contributed by atoms with Crippen molar-refractivity contribution in [2.24, 2.45) is 10.8 Å². The molecule has 0 spiro atoms. The molecule has 2 aliphatic heterocycles. The van der Waals surface area contributed by atoms with E-state index in [-0.39, 0.29) is 61.2 Å². The van der Waals surface area contributed by atoms with Crippen LogP contribution in [0, 0.1) is 10.8 Å². The van der Waals surface area contributed by atoms with Crippen LogP contribution in [-0.2, 0) is 66.8 Å². The van der Waals surface area contributed by atoms with Crippen molar-refractivity contribution in [3.63, 3.8) is 0 Å². The summed E-state index contributed by atoms with van der Waals surface area (Å²) in [6.07, 6.45) is 18.6. The Hall–Kier alpha value is -7.70. The molecule has 80 heavy (non-hydrogen) atoms. The first-order chi connectivity index (χ1) is 37.4. The van der Waals surface area contributed by atoms with Gasteiger partial charge in [-0.15, -0.1) is 0 Å². The third-order valence-corrected chi connectivity index (χ3v) is 13.8. The number of aliphatic hydroxyl groups excluding tert-OH is 3. The third-order valence-electron chi connectivity index (χ3n) is 13.8. The van der Waals surface area contributed by atoms with Crippen LogP contribution in [0.4, 0.5) is 0 Å². The maximum absolute atomic E-state index is 13.3. The summed E-state index contributed by atoms with van der Waals surface area (Å²) in [5.41, 5.74) is 5.37. The zero-order chi connectivity index (χ0) is 59.8. The second-order valence-corrected chi connectivity index (χ2v) is 21.5. The van der Waals surface area contributed by atoms with Crippen LogP contribution in [0.25, 0.3) is 0 Å². The average Bonchev–Trinajstić information content (AvgIpc) is 3.82. The van der Waals surface area contributed by atoms with E-state index in [9.17, 15) is 58.8 Å².